The Hall–Kier alpha value is 0.177. The highest BCUT2D eigenvalue weighted by molar-refractivity contribution is 6.76. The van der Waals surface area contributed by atoms with E-state index in [0.29, 0.717) is 0 Å². The van der Waals surface area contributed by atoms with Crippen molar-refractivity contribution in [3.05, 3.63) is 0 Å². The smallest absolute Gasteiger partial charge is 0.123 e. The summed E-state index contributed by atoms with van der Waals surface area (Å²) in [7, 11) is -1.41. The number of hydrogen-bond donors (Lipinski definition) is 1. The van der Waals surface area contributed by atoms with Gasteiger partial charge in [0.15, 0.2) is 0 Å². The highest BCUT2D eigenvalue weighted by atomic mass is 28.3. The Balaban J connectivity index is 1.84. The summed E-state index contributed by atoms with van der Waals surface area (Å²) >= 11 is 0. The molecule has 1 nitrogen and oxygen atoms in total. The molecule has 7 atom stereocenters. The van der Waals surface area contributed by atoms with Gasteiger partial charge in [-0.1, -0.05) is 46.2 Å². The predicted octanol–water partition coefficient (Wildman–Crippen LogP) is 5.68. The van der Waals surface area contributed by atoms with Crippen LogP contribution in [-0.2, 0) is 0 Å². The molecule has 1 unspecified atom stereocenters. The molecule has 0 radical (unpaired) electrons. The van der Waals surface area contributed by atoms with Crippen molar-refractivity contribution < 1.29 is 0 Å². The molecule has 0 aromatic rings. The second kappa shape index (κ2) is 5.62. The van der Waals surface area contributed by atoms with Gasteiger partial charge < -0.3 is 4.98 Å². The van der Waals surface area contributed by atoms with Gasteiger partial charge in [0.05, 0.1) is 0 Å². The standard InChI is InChI=1S/C20H39NSi/c1-13-14(2)19(22(6,7)21-20(3,4)5)18-12-16-10-8-9-15(16)11-17(13)18/h13-19,21H,8-12H2,1-7H3/t13-,14?,15+,16-,17+,18+,19+/m1/s1. The first-order valence-electron chi connectivity index (χ1n) is 9.89. The average molecular weight is 322 g/mol. The fraction of sp³-hybridized carbons (Fsp3) is 1.00. The van der Waals surface area contributed by atoms with Crippen molar-refractivity contribution in [3.8, 4) is 0 Å². The highest BCUT2D eigenvalue weighted by Crippen LogP contribution is 2.62. The van der Waals surface area contributed by atoms with Gasteiger partial charge in [-0.2, -0.15) is 0 Å². The molecule has 0 spiro atoms. The zero-order chi connectivity index (χ0) is 16.3. The Morgan fingerprint density at radius 1 is 0.864 bits per heavy atom. The number of hydrogen-bond acceptors (Lipinski definition) is 1. The predicted molar refractivity (Wildman–Crippen MR) is 99.5 cm³/mol. The van der Waals surface area contributed by atoms with Crippen LogP contribution in [0.25, 0.3) is 0 Å². The van der Waals surface area contributed by atoms with Crippen molar-refractivity contribution >= 4 is 8.24 Å². The Labute approximate surface area is 140 Å². The van der Waals surface area contributed by atoms with E-state index in [4.69, 9.17) is 0 Å². The minimum Gasteiger partial charge on any atom is -0.332 e. The van der Waals surface area contributed by atoms with Crippen molar-refractivity contribution in [1.82, 2.24) is 4.98 Å². The minimum atomic E-state index is -1.41. The lowest BCUT2D eigenvalue weighted by molar-refractivity contribution is 0.132. The molecular weight excluding hydrogens is 282 g/mol. The zero-order valence-electron chi connectivity index (χ0n) is 16.1. The maximum absolute atomic E-state index is 4.12. The molecule has 0 aromatic heterocycles. The SMILES string of the molecule is CC1[C@@H](C)[C@@H]2C[C@@H]3CCC[C@@H]3C[C@@H]2[C@H]1[Si](C)(C)NC(C)(C)C. The second-order valence-electron chi connectivity index (χ2n) is 10.6. The Morgan fingerprint density at radius 3 is 1.95 bits per heavy atom. The molecule has 0 bridgehead atoms. The first-order valence-corrected chi connectivity index (χ1v) is 13.0. The van der Waals surface area contributed by atoms with E-state index in [2.05, 4.69) is 52.7 Å². The van der Waals surface area contributed by atoms with Gasteiger partial charge in [-0.25, -0.2) is 0 Å². The summed E-state index contributed by atoms with van der Waals surface area (Å²) in [6, 6.07) is 0. The molecule has 0 saturated heterocycles. The second-order valence-corrected chi connectivity index (χ2v) is 15.0. The molecule has 3 saturated carbocycles. The van der Waals surface area contributed by atoms with E-state index >= 15 is 0 Å². The maximum Gasteiger partial charge on any atom is 0.123 e. The van der Waals surface area contributed by atoms with Gasteiger partial charge in [0.1, 0.15) is 8.24 Å². The molecule has 0 heterocycles. The van der Waals surface area contributed by atoms with Crippen molar-refractivity contribution in [3.63, 3.8) is 0 Å². The normalized spacial score (nSPS) is 45.7. The molecule has 0 amide bonds. The van der Waals surface area contributed by atoms with Gasteiger partial charge in [0.25, 0.3) is 0 Å². The van der Waals surface area contributed by atoms with Crippen LogP contribution < -0.4 is 4.98 Å². The molecule has 2 heteroatoms. The van der Waals surface area contributed by atoms with E-state index < -0.39 is 8.24 Å². The summed E-state index contributed by atoms with van der Waals surface area (Å²) in [6.07, 6.45) is 7.73. The lowest BCUT2D eigenvalue weighted by Crippen LogP contribution is -2.59. The van der Waals surface area contributed by atoms with Crippen molar-refractivity contribution in [2.24, 2.45) is 35.5 Å². The largest absolute Gasteiger partial charge is 0.332 e. The fourth-order valence-corrected chi connectivity index (χ4v) is 12.3. The van der Waals surface area contributed by atoms with Crippen LogP contribution in [0.5, 0.6) is 0 Å². The fourth-order valence-electron chi connectivity index (χ4n) is 7.15. The van der Waals surface area contributed by atoms with Crippen LogP contribution >= 0.6 is 0 Å². The van der Waals surface area contributed by atoms with Crippen LogP contribution in [0.2, 0.25) is 18.6 Å². The van der Waals surface area contributed by atoms with E-state index in [1.807, 2.05) is 0 Å². The van der Waals surface area contributed by atoms with Crippen LogP contribution in [-0.4, -0.2) is 13.8 Å². The summed E-state index contributed by atoms with van der Waals surface area (Å²) < 4.78 is 0. The molecular formula is C20H39NSi. The highest BCUT2D eigenvalue weighted by Gasteiger charge is 2.56. The quantitative estimate of drug-likeness (QED) is 0.645. The van der Waals surface area contributed by atoms with Crippen LogP contribution in [0.4, 0.5) is 0 Å². The molecule has 3 fully saturated rings. The molecule has 3 aliphatic rings. The van der Waals surface area contributed by atoms with Crippen molar-refractivity contribution in [2.45, 2.75) is 90.9 Å². The third kappa shape index (κ3) is 2.95. The molecule has 1 N–H and O–H groups in total. The van der Waals surface area contributed by atoms with E-state index in [1.165, 1.54) is 12.8 Å². The van der Waals surface area contributed by atoms with E-state index in [9.17, 15) is 0 Å². The van der Waals surface area contributed by atoms with Crippen molar-refractivity contribution in [1.29, 1.82) is 0 Å². The molecule has 0 aromatic carbocycles. The van der Waals surface area contributed by atoms with Gasteiger partial charge in [-0.15, -0.1) is 0 Å². The van der Waals surface area contributed by atoms with Crippen LogP contribution in [0.15, 0.2) is 0 Å². The molecule has 0 aliphatic heterocycles. The molecule has 128 valence electrons. The Bertz CT molecular complexity index is 410. The summed E-state index contributed by atoms with van der Waals surface area (Å²) in [6.45, 7) is 17.5. The summed E-state index contributed by atoms with van der Waals surface area (Å²) in [5, 5.41) is 0. The lowest BCUT2D eigenvalue weighted by Gasteiger charge is -2.45. The Kier molecular flexibility index (Phi) is 4.34. The molecule has 22 heavy (non-hydrogen) atoms. The third-order valence-corrected chi connectivity index (χ3v) is 11.6. The number of rotatable bonds is 2. The van der Waals surface area contributed by atoms with Gasteiger partial charge in [-0.05, 0) is 74.7 Å². The summed E-state index contributed by atoms with van der Waals surface area (Å²) in [5.41, 5.74) is 1.25. The first-order chi connectivity index (χ1) is 10.1. The maximum atomic E-state index is 4.12. The average Bonchev–Trinajstić information content (AvgIpc) is 2.89. The summed E-state index contributed by atoms with van der Waals surface area (Å²) in [5.74, 6) is 6.11. The minimum absolute atomic E-state index is 0.265. The van der Waals surface area contributed by atoms with Gasteiger partial charge in [-0.3, -0.25) is 0 Å². The molecule has 3 aliphatic carbocycles. The van der Waals surface area contributed by atoms with Crippen LogP contribution in [0, 0.1) is 35.5 Å². The van der Waals surface area contributed by atoms with Gasteiger partial charge in [0.2, 0.25) is 0 Å². The molecule has 3 rings (SSSR count). The summed E-state index contributed by atoms with van der Waals surface area (Å²) in [4.78, 5) is 4.12. The lowest BCUT2D eigenvalue weighted by atomic mass is 9.69. The first kappa shape index (κ1) is 17.0. The van der Waals surface area contributed by atoms with E-state index in [0.717, 1.165) is 41.0 Å². The third-order valence-electron chi connectivity index (χ3n) is 7.58. The van der Waals surface area contributed by atoms with E-state index in [1.54, 1.807) is 19.3 Å². The van der Waals surface area contributed by atoms with Crippen LogP contribution in [0.1, 0.15) is 66.7 Å². The number of nitrogens with one attached hydrogen (secondary N) is 1. The van der Waals surface area contributed by atoms with Crippen LogP contribution in [0.3, 0.4) is 0 Å². The van der Waals surface area contributed by atoms with Gasteiger partial charge in [0, 0.05) is 5.54 Å². The Morgan fingerprint density at radius 2 is 1.41 bits per heavy atom. The van der Waals surface area contributed by atoms with E-state index in [-0.39, 0.29) is 5.54 Å². The van der Waals surface area contributed by atoms with Crippen molar-refractivity contribution in [2.75, 3.05) is 0 Å². The number of fused-ring (bicyclic) bond motifs is 2. The van der Waals surface area contributed by atoms with Gasteiger partial charge >= 0.3 is 0 Å². The topological polar surface area (TPSA) is 12.0 Å². The zero-order valence-corrected chi connectivity index (χ0v) is 17.1. The monoisotopic (exact) mass is 321 g/mol.